The number of nitriles is 1. The first-order valence-electron chi connectivity index (χ1n) is 8.85. The van der Waals surface area contributed by atoms with Crippen LogP contribution in [0.3, 0.4) is 0 Å². The molecule has 25 heavy (non-hydrogen) atoms. The zero-order chi connectivity index (χ0) is 18.7. The van der Waals surface area contributed by atoms with Gasteiger partial charge in [-0.3, -0.25) is 9.59 Å². The van der Waals surface area contributed by atoms with Crippen molar-refractivity contribution in [1.82, 2.24) is 0 Å². The van der Waals surface area contributed by atoms with Crippen LogP contribution in [-0.2, 0) is 9.53 Å². The minimum atomic E-state index is -0.194. The van der Waals surface area contributed by atoms with Crippen LogP contribution in [-0.4, -0.2) is 24.1 Å². The highest BCUT2D eigenvalue weighted by molar-refractivity contribution is 7.99. The highest BCUT2D eigenvalue weighted by Gasteiger charge is 2.12. The van der Waals surface area contributed by atoms with Gasteiger partial charge in [0.2, 0.25) is 0 Å². The van der Waals surface area contributed by atoms with Crippen molar-refractivity contribution in [3.05, 3.63) is 29.3 Å². The molecule has 0 N–H and O–H groups in total. The molecular formula is C20H27NO3S. The highest BCUT2D eigenvalue weighted by Crippen LogP contribution is 2.25. The number of rotatable bonds is 11. The second kappa shape index (κ2) is 11.7. The SMILES string of the molecule is CCCCC(CC)COC(=O)CCSc1ccc(C#N)cc1C(C)=O. The number of hydrogen-bond donors (Lipinski definition) is 0. The Bertz CT molecular complexity index is 622. The molecule has 0 aliphatic carbocycles. The average molecular weight is 362 g/mol. The molecule has 0 aromatic heterocycles. The Hall–Kier alpha value is -1.80. The fourth-order valence-corrected chi connectivity index (χ4v) is 3.44. The fraction of sp³-hybridized carbons (Fsp3) is 0.550. The summed E-state index contributed by atoms with van der Waals surface area (Å²) in [7, 11) is 0. The minimum absolute atomic E-state index is 0.0797. The van der Waals surface area contributed by atoms with Crippen LogP contribution in [0.5, 0.6) is 0 Å². The summed E-state index contributed by atoms with van der Waals surface area (Å²) in [6, 6.07) is 7.09. The lowest BCUT2D eigenvalue weighted by atomic mass is 10.0. The van der Waals surface area contributed by atoms with Crippen molar-refractivity contribution in [2.75, 3.05) is 12.4 Å². The maximum atomic E-state index is 11.9. The standard InChI is InChI=1S/C20H27NO3S/c1-4-6-7-16(5-2)14-24-20(23)10-11-25-19-9-8-17(13-21)12-18(19)15(3)22/h8-9,12,16H,4-7,10-11,14H2,1-3H3. The van der Waals surface area contributed by atoms with Crippen LogP contribution >= 0.6 is 11.8 Å². The molecule has 1 aromatic rings. The maximum absolute atomic E-state index is 11.9. The first-order chi connectivity index (χ1) is 12.0. The summed E-state index contributed by atoms with van der Waals surface area (Å²) in [5.41, 5.74) is 0.995. The highest BCUT2D eigenvalue weighted by atomic mass is 32.2. The van der Waals surface area contributed by atoms with Crippen LogP contribution in [0.1, 0.15) is 68.8 Å². The normalized spacial score (nSPS) is 11.6. The Morgan fingerprint density at radius 1 is 1.32 bits per heavy atom. The monoisotopic (exact) mass is 361 g/mol. The number of thioether (sulfide) groups is 1. The Balaban J connectivity index is 2.45. The lowest BCUT2D eigenvalue weighted by Gasteiger charge is -2.14. The Morgan fingerprint density at radius 2 is 2.08 bits per heavy atom. The molecule has 0 radical (unpaired) electrons. The quantitative estimate of drug-likeness (QED) is 0.315. The molecule has 1 rings (SSSR count). The molecule has 0 aliphatic heterocycles. The predicted octanol–water partition coefficient (Wildman–Crippen LogP) is 5.00. The van der Waals surface area contributed by atoms with Gasteiger partial charge in [-0.15, -0.1) is 11.8 Å². The molecule has 0 heterocycles. The summed E-state index contributed by atoms with van der Waals surface area (Å²) in [4.78, 5) is 24.4. The van der Waals surface area contributed by atoms with E-state index in [1.54, 1.807) is 18.2 Å². The van der Waals surface area contributed by atoms with Crippen molar-refractivity contribution in [2.24, 2.45) is 5.92 Å². The van der Waals surface area contributed by atoms with Crippen molar-refractivity contribution in [1.29, 1.82) is 5.26 Å². The molecule has 0 fully saturated rings. The van der Waals surface area contributed by atoms with E-state index in [-0.39, 0.29) is 11.8 Å². The van der Waals surface area contributed by atoms with E-state index in [1.165, 1.54) is 25.1 Å². The van der Waals surface area contributed by atoms with Gasteiger partial charge < -0.3 is 4.74 Å². The van der Waals surface area contributed by atoms with Crippen molar-refractivity contribution in [2.45, 2.75) is 57.8 Å². The third-order valence-corrected chi connectivity index (χ3v) is 5.15. The molecule has 136 valence electrons. The smallest absolute Gasteiger partial charge is 0.306 e. The number of benzene rings is 1. The van der Waals surface area contributed by atoms with Crippen LogP contribution in [0.2, 0.25) is 0 Å². The van der Waals surface area contributed by atoms with E-state index in [0.717, 1.165) is 24.2 Å². The molecule has 4 nitrogen and oxygen atoms in total. The summed E-state index contributed by atoms with van der Waals surface area (Å²) in [6.45, 7) is 6.26. The fourth-order valence-electron chi connectivity index (χ4n) is 2.43. The van der Waals surface area contributed by atoms with E-state index in [0.29, 0.717) is 35.8 Å². The molecule has 1 atom stereocenters. The topological polar surface area (TPSA) is 67.2 Å². The average Bonchev–Trinajstić information content (AvgIpc) is 2.61. The third-order valence-electron chi connectivity index (χ3n) is 4.08. The van der Waals surface area contributed by atoms with E-state index >= 15 is 0 Å². The van der Waals surface area contributed by atoms with Crippen LogP contribution < -0.4 is 0 Å². The summed E-state index contributed by atoms with van der Waals surface area (Å²) < 4.78 is 5.38. The molecule has 0 saturated carbocycles. The van der Waals surface area contributed by atoms with E-state index in [9.17, 15) is 9.59 Å². The van der Waals surface area contributed by atoms with Gasteiger partial charge in [0.25, 0.3) is 0 Å². The first-order valence-corrected chi connectivity index (χ1v) is 9.83. The van der Waals surface area contributed by atoms with E-state index in [2.05, 4.69) is 13.8 Å². The number of esters is 1. The molecule has 0 amide bonds. The van der Waals surface area contributed by atoms with Crippen molar-refractivity contribution < 1.29 is 14.3 Å². The Morgan fingerprint density at radius 3 is 2.68 bits per heavy atom. The Kier molecular flexibility index (Phi) is 9.94. The number of carbonyl (C=O) groups excluding carboxylic acids is 2. The molecule has 1 unspecified atom stereocenters. The van der Waals surface area contributed by atoms with E-state index in [1.807, 2.05) is 6.07 Å². The molecule has 0 bridgehead atoms. The van der Waals surface area contributed by atoms with Gasteiger partial charge in [-0.2, -0.15) is 5.26 Å². The van der Waals surface area contributed by atoms with Crippen LogP contribution in [0, 0.1) is 17.2 Å². The minimum Gasteiger partial charge on any atom is -0.465 e. The molecule has 0 aliphatic rings. The summed E-state index contributed by atoms with van der Waals surface area (Å²) >= 11 is 1.45. The van der Waals surface area contributed by atoms with E-state index in [4.69, 9.17) is 10.00 Å². The molecular weight excluding hydrogens is 334 g/mol. The maximum Gasteiger partial charge on any atom is 0.306 e. The van der Waals surface area contributed by atoms with Gasteiger partial charge in [-0.1, -0.05) is 33.1 Å². The van der Waals surface area contributed by atoms with Gasteiger partial charge in [-0.05, 0) is 37.5 Å². The number of ketones is 1. The van der Waals surface area contributed by atoms with Gasteiger partial charge in [0, 0.05) is 16.2 Å². The van der Waals surface area contributed by atoms with Crippen LogP contribution in [0.4, 0.5) is 0 Å². The number of Topliss-reactive ketones (excluding diaryl/α,β-unsaturated/α-hetero) is 1. The number of carbonyl (C=O) groups is 2. The van der Waals surface area contributed by atoms with Crippen molar-refractivity contribution in [3.8, 4) is 6.07 Å². The molecule has 5 heteroatoms. The lowest BCUT2D eigenvalue weighted by Crippen LogP contribution is -2.14. The van der Waals surface area contributed by atoms with Crippen LogP contribution in [0.25, 0.3) is 0 Å². The van der Waals surface area contributed by atoms with E-state index < -0.39 is 0 Å². The number of nitrogens with zero attached hydrogens (tertiary/aromatic N) is 1. The van der Waals surface area contributed by atoms with Crippen molar-refractivity contribution in [3.63, 3.8) is 0 Å². The second-order valence-corrected chi connectivity index (χ2v) is 7.21. The van der Waals surface area contributed by atoms with Gasteiger partial charge >= 0.3 is 5.97 Å². The van der Waals surface area contributed by atoms with Crippen molar-refractivity contribution >= 4 is 23.5 Å². The number of unbranched alkanes of at least 4 members (excludes halogenated alkanes) is 1. The Labute approximate surface area is 154 Å². The van der Waals surface area contributed by atoms with Gasteiger partial charge in [0.1, 0.15) is 0 Å². The number of ether oxygens (including phenoxy) is 1. The summed E-state index contributed by atoms with van der Waals surface area (Å²) in [5.74, 6) is 0.722. The van der Waals surface area contributed by atoms with Gasteiger partial charge in [-0.25, -0.2) is 0 Å². The summed E-state index contributed by atoms with van der Waals surface area (Å²) in [5, 5.41) is 8.93. The molecule has 1 aromatic carbocycles. The second-order valence-electron chi connectivity index (χ2n) is 6.08. The third kappa shape index (κ3) is 7.74. The zero-order valence-corrected chi connectivity index (χ0v) is 16.2. The summed E-state index contributed by atoms with van der Waals surface area (Å²) in [6.07, 6.45) is 4.76. The largest absolute Gasteiger partial charge is 0.465 e. The lowest BCUT2D eigenvalue weighted by molar-refractivity contribution is -0.144. The first kappa shape index (κ1) is 21.2. The molecule has 0 spiro atoms. The molecule has 0 saturated heterocycles. The number of hydrogen-bond acceptors (Lipinski definition) is 5. The zero-order valence-electron chi connectivity index (χ0n) is 15.3. The van der Waals surface area contributed by atoms with Gasteiger partial charge in [0.15, 0.2) is 5.78 Å². The van der Waals surface area contributed by atoms with Gasteiger partial charge in [0.05, 0.1) is 24.7 Å². The predicted molar refractivity (Wildman–Crippen MR) is 101 cm³/mol. The van der Waals surface area contributed by atoms with Crippen LogP contribution in [0.15, 0.2) is 23.1 Å².